The summed E-state index contributed by atoms with van der Waals surface area (Å²) in [6.07, 6.45) is -2.61. The summed E-state index contributed by atoms with van der Waals surface area (Å²) in [4.78, 5) is 43.3. The quantitative estimate of drug-likeness (QED) is 0.207. The first-order valence-electron chi connectivity index (χ1n) is 12.1. The van der Waals surface area contributed by atoms with E-state index in [-0.39, 0.29) is 32.7 Å². The predicted molar refractivity (Wildman–Crippen MR) is 126 cm³/mol. The molecule has 3 unspecified atom stereocenters. The molecule has 2 fully saturated rings. The molecule has 34 heavy (non-hydrogen) atoms. The molecule has 2 aliphatic rings. The molecule has 0 spiro atoms. The molecule has 2 aliphatic heterocycles. The summed E-state index contributed by atoms with van der Waals surface area (Å²) >= 11 is 0. The van der Waals surface area contributed by atoms with Gasteiger partial charge in [0.1, 0.15) is 0 Å². The number of nitrogens with zero attached hydrogens (tertiary/aromatic N) is 5. The molecule has 3 atom stereocenters. The van der Waals surface area contributed by atoms with Crippen molar-refractivity contribution < 1.29 is 15.3 Å². The maximum absolute atomic E-state index is 13.2. The van der Waals surface area contributed by atoms with Crippen molar-refractivity contribution in [3.8, 4) is 0 Å². The van der Waals surface area contributed by atoms with Crippen LogP contribution in [0.5, 0.6) is 0 Å². The third-order valence-corrected chi connectivity index (χ3v) is 6.39. The summed E-state index contributed by atoms with van der Waals surface area (Å²) in [7, 11) is 0. The van der Waals surface area contributed by atoms with Crippen molar-refractivity contribution in [2.24, 2.45) is 0 Å². The van der Waals surface area contributed by atoms with Crippen molar-refractivity contribution in [3.63, 3.8) is 0 Å². The second-order valence-electron chi connectivity index (χ2n) is 9.15. The molecule has 0 radical (unpaired) electrons. The van der Waals surface area contributed by atoms with E-state index in [9.17, 15) is 29.7 Å². The van der Waals surface area contributed by atoms with Crippen LogP contribution in [0.15, 0.2) is 14.4 Å². The third-order valence-electron chi connectivity index (χ3n) is 6.39. The smallest absolute Gasteiger partial charge is 0.336 e. The van der Waals surface area contributed by atoms with E-state index < -0.39 is 35.4 Å². The highest BCUT2D eigenvalue weighted by Gasteiger charge is 2.23. The van der Waals surface area contributed by atoms with Crippen LogP contribution >= 0.6 is 0 Å². The maximum Gasteiger partial charge on any atom is 0.336 e. The van der Waals surface area contributed by atoms with Crippen LogP contribution in [-0.4, -0.2) is 123 Å². The van der Waals surface area contributed by atoms with Gasteiger partial charge in [-0.25, -0.2) is 28.1 Å². The Morgan fingerprint density at radius 2 is 0.941 bits per heavy atom. The zero-order chi connectivity index (χ0) is 24.7. The summed E-state index contributed by atoms with van der Waals surface area (Å²) in [5.74, 6) is 0. The van der Waals surface area contributed by atoms with Gasteiger partial charge in [0, 0.05) is 65.4 Å². The zero-order valence-electron chi connectivity index (χ0n) is 19.9. The predicted octanol–water partition coefficient (Wildman–Crippen LogP) is -4.53. The molecule has 0 aromatic carbocycles. The third kappa shape index (κ3) is 7.07. The molecule has 0 bridgehead atoms. The first kappa shape index (κ1) is 26.7. The van der Waals surface area contributed by atoms with E-state index >= 15 is 0 Å². The van der Waals surface area contributed by atoms with Crippen LogP contribution in [0.1, 0.15) is 13.3 Å². The molecular weight excluding hydrogens is 446 g/mol. The number of aliphatic hydroxyl groups excluding tert-OH is 3. The summed E-state index contributed by atoms with van der Waals surface area (Å²) in [6, 6.07) is 0. The average molecular weight is 486 g/mol. The number of hydrogen-bond acceptors (Lipinski definition) is 10. The molecule has 2 saturated heterocycles. The molecule has 13 heteroatoms. The highest BCUT2D eigenvalue weighted by atomic mass is 16.3. The molecule has 13 nitrogen and oxygen atoms in total. The molecule has 194 valence electrons. The van der Waals surface area contributed by atoms with Gasteiger partial charge in [0.05, 0.1) is 37.9 Å². The lowest BCUT2D eigenvalue weighted by atomic mass is 10.2. The van der Waals surface area contributed by atoms with E-state index in [0.29, 0.717) is 6.42 Å². The van der Waals surface area contributed by atoms with Crippen molar-refractivity contribution in [1.82, 2.24) is 34.1 Å². The number of aromatic nitrogens is 3. The first-order valence-corrected chi connectivity index (χ1v) is 12.1. The van der Waals surface area contributed by atoms with Gasteiger partial charge in [-0.3, -0.25) is 9.80 Å². The molecule has 5 N–H and O–H groups in total. The Kier molecular flexibility index (Phi) is 10.0. The Morgan fingerprint density at radius 1 is 0.618 bits per heavy atom. The van der Waals surface area contributed by atoms with Crippen LogP contribution in [0.4, 0.5) is 0 Å². The fraction of sp³-hybridized carbons (Fsp3) is 0.857. The van der Waals surface area contributed by atoms with E-state index in [1.54, 1.807) is 6.92 Å². The first-order chi connectivity index (χ1) is 16.3. The van der Waals surface area contributed by atoms with Gasteiger partial charge in [-0.2, -0.15) is 0 Å². The Bertz CT molecular complexity index is 882. The Morgan fingerprint density at radius 3 is 1.26 bits per heavy atom. The van der Waals surface area contributed by atoms with Crippen LogP contribution in [0.3, 0.4) is 0 Å². The SMILES string of the molecule is CCC(O)Cn1c(=O)n(CC(O)CN2CCNCC2)c(=O)n(CC(O)CN2CCNCC2)c1=O. The fourth-order valence-corrected chi connectivity index (χ4v) is 4.41. The van der Waals surface area contributed by atoms with Gasteiger partial charge in [0.2, 0.25) is 0 Å². The minimum Gasteiger partial charge on any atom is -0.391 e. The molecular formula is C21H39N7O6. The summed E-state index contributed by atoms with van der Waals surface area (Å²) < 4.78 is 2.51. The largest absolute Gasteiger partial charge is 0.391 e. The second kappa shape index (κ2) is 12.7. The Hall–Kier alpha value is -1.87. The molecule has 1 aromatic rings. The van der Waals surface area contributed by atoms with Crippen molar-refractivity contribution in [1.29, 1.82) is 0 Å². The second-order valence-corrected chi connectivity index (χ2v) is 9.15. The van der Waals surface area contributed by atoms with E-state index in [2.05, 4.69) is 10.6 Å². The van der Waals surface area contributed by atoms with Crippen LogP contribution in [-0.2, 0) is 19.6 Å². The van der Waals surface area contributed by atoms with Crippen LogP contribution in [0.2, 0.25) is 0 Å². The number of β-amino-alcohol motifs (C(OH)–C–C–N with tert-alkyl or cyclic N) is 2. The van der Waals surface area contributed by atoms with Gasteiger partial charge in [-0.05, 0) is 6.42 Å². The lowest BCUT2D eigenvalue weighted by Gasteiger charge is -2.29. The van der Waals surface area contributed by atoms with Gasteiger partial charge in [-0.1, -0.05) is 6.92 Å². The number of aliphatic hydroxyl groups is 3. The Labute approximate surface area is 198 Å². The Balaban J connectivity index is 1.85. The summed E-state index contributed by atoms with van der Waals surface area (Å²) in [5, 5.41) is 37.8. The lowest BCUT2D eigenvalue weighted by molar-refractivity contribution is 0.0805. The number of nitrogens with one attached hydrogen (secondary N) is 2. The van der Waals surface area contributed by atoms with E-state index in [1.807, 2.05) is 9.80 Å². The van der Waals surface area contributed by atoms with Crippen molar-refractivity contribution in [3.05, 3.63) is 31.5 Å². The molecule has 0 aliphatic carbocycles. The molecule has 1 aromatic heterocycles. The van der Waals surface area contributed by atoms with Crippen molar-refractivity contribution in [2.75, 3.05) is 65.4 Å². The molecule has 3 heterocycles. The molecule has 3 rings (SSSR count). The van der Waals surface area contributed by atoms with E-state index in [0.717, 1.165) is 66.1 Å². The van der Waals surface area contributed by atoms with Gasteiger partial charge >= 0.3 is 17.1 Å². The standard InChI is InChI=1S/C21H39N7O6/c1-2-16(29)13-26-19(32)27(14-17(30)11-24-7-3-22-4-8-24)21(34)28(20(26)33)15-18(31)12-25-9-5-23-6-10-25/h16-18,22-23,29-31H,2-15H2,1H3. The topological polar surface area (TPSA) is 157 Å². The van der Waals surface area contributed by atoms with Crippen LogP contribution in [0, 0.1) is 0 Å². The van der Waals surface area contributed by atoms with Gasteiger partial charge in [0.15, 0.2) is 0 Å². The average Bonchev–Trinajstić information content (AvgIpc) is 2.83. The van der Waals surface area contributed by atoms with Gasteiger partial charge < -0.3 is 26.0 Å². The lowest BCUT2D eigenvalue weighted by Crippen LogP contribution is -2.58. The van der Waals surface area contributed by atoms with Crippen LogP contribution in [0.25, 0.3) is 0 Å². The highest BCUT2D eigenvalue weighted by Crippen LogP contribution is 1.99. The van der Waals surface area contributed by atoms with E-state index in [4.69, 9.17) is 0 Å². The minimum atomic E-state index is -0.996. The maximum atomic E-state index is 13.2. The number of hydrogen-bond donors (Lipinski definition) is 5. The van der Waals surface area contributed by atoms with E-state index in [1.165, 1.54) is 0 Å². The number of piperazine rings is 2. The summed E-state index contributed by atoms with van der Waals surface area (Å²) in [6.45, 7) is 7.64. The zero-order valence-corrected chi connectivity index (χ0v) is 19.9. The minimum absolute atomic E-state index is 0.268. The van der Waals surface area contributed by atoms with Gasteiger partial charge in [-0.15, -0.1) is 0 Å². The molecule has 0 saturated carbocycles. The van der Waals surface area contributed by atoms with Gasteiger partial charge in [0.25, 0.3) is 0 Å². The van der Waals surface area contributed by atoms with Crippen molar-refractivity contribution >= 4 is 0 Å². The monoisotopic (exact) mass is 485 g/mol. The van der Waals surface area contributed by atoms with Crippen molar-refractivity contribution in [2.45, 2.75) is 51.3 Å². The fourth-order valence-electron chi connectivity index (χ4n) is 4.41. The van der Waals surface area contributed by atoms with Crippen LogP contribution < -0.4 is 27.7 Å². The highest BCUT2D eigenvalue weighted by molar-refractivity contribution is 4.84. The summed E-state index contributed by atoms with van der Waals surface area (Å²) in [5.41, 5.74) is -2.60. The number of rotatable bonds is 11. The normalized spacial score (nSPS) is 20.8. The molecule has 0 amide bonds.